The van der Waals surface area contributed by atoms with Crippen molar-refractivity contribution >= 4 is 82.6 Å². The minimum Gasteiger partial charge on any atom is -0.387 e. The number of aliphatic hydroxyl groups excluding tert-OH is 5. The van der Waals surface area contributed by atoms with Gasteiger partial charge in [0.25, 0.3) is 16.7 Å². The molecular formula is C30H39N15O25P4. The first kappa shape index (κ1) is 53.5. The van der Waals surface area contributed by atoms with Gasteiger partial charge in [-0.1, -0.05) is 0 Å². The number of nitrogens with one attached hydrogen (secondary N) is 3. The largest absolute Gasteiger partial charge is 0.490 e. The molecule has 3 aliphatic rings. The minimum atomic E-state index is -6.25. The molecule has 5 unspecified atom stereocenters. The molecule has 18 N–H and O–H groups in total. The van der Waals surface area contributed by atoms with Crippen LogP contribution in [-0.4, -0.2) is 178 Å². The molecule has 0 bridgehead atoms. The number of phosphoric ester groups is 3. The highest BCUT2D eigenvalue weighted by atomic mass is 31.3. The highest BCUT2D eigenvalue weighted by molar-refractivity contribution is 7.66. The number of H-pyrrole nitrogens is 3. The van der Waals surface area contributed by atoms with Gasteiger partial charge in [-0.25, -0.2) is 33.2 Å². The number of anilines is 3. The Labute approximate surface area is 405 Å². The van der Waals surface area contributed by atoms with E-state index >= 15 is 0 Å². The molecule has 0 amide bonds. The minimum absolute atomic E-state index is 0.182. The Kier molecular flexibility index (Phi) is 14.2. The molecule has 0 aliphatic carbocycles. The number of imidazole rings is 3. The summed E-state index contributed by atoms with van der Waals surface area (Å²) in [5.74, 6) is -1.15. The standard InChI is InChI=1S/C30H39N15O25P4/c31-28-37-19-10(22(51)40-28)34-4-43(19)25-15(48)13(46)7(65-25)1-62-71(54,55)68-18-9(67-27(17(18)50)45-6-36-12-21(45)39-30(33)42-24(12)53)3-64-73(58,59)70-74(60,61)69-72(56,57)63-2-8-14(47)16(49)26(66-8)44-5-35-11-20(44)38-29(32)41-23(11)52/h4-9,13-18,25-27,46-50H,1-3H2,(H,54,55)(H,56,57)(H,58,59)(H,60,61)(H3,31,37,40,51)(H3,32,38,41,52)(H3,33,39,42,53)/t7?,8-,9-,13-,14-,15-,16-,17-,18-,25-,26-,27-/m1/s1. The average Bonchev–Trinajstić information content (AvgIpc) is 4.15. The third-order valence-corrected chi connectivity index (χ3v) is 16.3. The summed E-state index contributed by atoms with van der Waals surface area (Å²) < 4.78 is 99.7. The van der Waals surface area contributed by atoms with Gasteiger partial charge in [0.1, 0.15) is 54.9 Å². The SMILES string of the molecule is Nc1nc2c(ncn2[C@@H]2O[C@H](COP(=O)(O)OP(=O)(O)OP(=O)(O)OC[C@H]3O[C@@H](n4cnc5c(=O)[nH]c(N)nc54)[C@H](O)[C@@H]3OP(=O)(O)OCC3O[C@@H](n4cnc5c(=O)[nH]c(N)nc54)[C@H](O)[C@@H]3O)[C@@H](O)[C@H]2O)c(=O)[nH]1. The van der Waals surface area contributed by atoms with E-state index in [9.17, 15) is 77.8 Å². The van der Waals surface area contributed by atoms with E-state index in [0.717, 1.165) is 32.7 Å². The monoisotopic (exact) mass is 1130 g/mol. The Hall–Kier alpha value is -5.35. The number of rotatable bonds is 18. The fourth-order valence-corrected chi connectivity index (χ4v) is 12.3. The summed E-state index contributed by atoms with van der Waals surface area (Å²) in [7, 11) is -23.7. The molecule has 3 saturated heterocycles. The van der Waals surface area contributed by atoms with Crippen LogP contribution in [0.4, 0.5) is 17.8 Å². The molecule has 9 rings (SSSR count). The maximum atomic E-state index is 13.5. The number of fused-ring (bicyclic) bond motifs is 3. The maximum absolute atomic E-state index is 13.5. The lowest BCUT2D eigenvalue weighted by Gasteiger charge is -2.24. The predicted molar refractivity (Wildman–Crippen MR) is 234 cm³/mol. The van der Waals surface area contributed by atoms with Crippen LogP contribution in [-0.2, 0) is 59.2 Å². The highest BCUT2D eigenvalue weighted by Gasteiger charge is 2.53. The van der Waals surface area contributed by atoms with Crippen LogP contribution in [0.3, 0.4) is 0 Å². The summed E-state index contributed by atoms with van der Waals surface area (Å²) in [5.41, 5.74) is 12.9. The number of hydrogen-bond donors (Lipinski definition) is 15. The van der Waals surface area contributed by atoms with Gasteiger partial charge in [-0.05, 0) is 0 Å². The second-order valence-electron chi connectivity index (χ2n) is 16.0. The summed E-state index contributed by atoms with van der Waals surface area (Å²) in [6.07, 6.45) is -19.3. The van der Waals surface area contributed by atoms with E-state index in [1.807, 2.05) is 0 Å². The van der Waals surface area contributed by atoms with Crippen LogP contribution in [0, 0.1) is 0 Å². The van der Waals surface area contributed by atoms with Crippen molar-refractivity contribution < 1.29 is 104 Å². The number of aromatic amines is 3. The van der Waals surface area contributed by atoms with E-state index in [2.05, 4.69) is 58.0 Å². The molecule has 6 aromatic rings. The molecule has 0 saturated carbocycles. The van der Waals surface area contributed by atoms with Crippen LogP contribution in [0.15, 0.2) is 33.4 Å². The van der Waals surface area contributed by atoms with Crippen LogP contribution >= 0.6 is 31.3 Å². The number of hydrogen-bond acceptors (Lipinski definition) is 30. The third-order valence-electron chi connectivity index (χ3n) is 11.0. The van der Waals surface area contributed by atoms with Crippen molar-refractivity contribution in [1.29, 1.82) is 0 Å². The zero-order chi connectivity index (χ0) is 53.6. The van der Waals surface area contributed by atoms with Gasteiger partial charge in [-0.15, -0.1) is 0 Å². The van der Waals surface area contributed by atoms with Gasteiger partial charge in [0.15, 0.2) is 52.2 Å². The van der Waals surface area contributed by atoms with Gasteiger partial charge >= 0.3 is 31.3 Å². The summed E-state index contributed by atoms with van der Waals surface area (Å²) in [6.45, 7) is -3.66. The first-order chi connectivity index (χ1) is 34.6. The number of ether oxygens (including phenoxy) is 3. The number of nitrogen functional groups attached to an aromatic ring is 3. The number of aromatic nitrogens is 12. The number of nitrogens with two attached hydrogens (primary N) is 3. The number of aliphatic hydroxyl groups is 5. The Morgan fingerprint density at radius 3 is 1.20 bits per heavy atom. The molecule has 0 radical (unpaired) electrons. The fourth-order valence-electron chi connectivity index (χ4n) is 7.80. The topological polar surface area (TPSA) is 602 Å². The Bertz CT molecular complexity index is 3510. The molecule has 9 heterocycles. The molecule has 0 spiro atoms. The van der Waals surface area contributed by atoms with Crippen molar-refractivity contribution in [2.75, 3.05) is 37.0 Å². The normalized spacial score (nSPS) is 30.7. The second kappa shape index (κ2) is 19.7. The highest BCUT2D eigenvalue weighted by Crippen LogP contribution is 2.68. The quantitative estimate of drug-likeness (QED) is 0.0357. The second-order valence-corrected chi connectivity index (χ2v) is 22.0. The molecule has 0 aromatic carbocycles. The Morgan fingerprint density at radius 2 is 0.824 bits per heavy atom. The van der Waals surface area contributed by atoms with E-state index in [-0.39, 0.29) is 45.4 Å². The van der Waals surface area contributed by atoms with Crippen molar-refractivity contribution in [3.63, 3.8) is 0 Å². The lowest BCUT2D eigenvalue weighted by atomic mass is 10.1. The van der Waals surface area contributed by atoms with Crippen molar-refractivity contribution in [3.05, 3.63) is 50.0 Å². The Morgan fingerprint density at radius 1 is 0.500 bits per heavy atom. The molecule has 44 heteroatoms. The average molecular weight is 1130 g/mol. The Balaban J connectivity index is 0.858. The van der Waals surface area contributed by atoms with Crippen molar-refractivity contribution in [2.24, 2.45) is 0 Å². The van der Waals surface area contributed by atoms with Crippen molar-refractivity contribution in [3.8, 4) is 0 Å². The summed E-state index contributed by atoms with van der Waals surface area (Å²) in [6, 6.07) is 0. The molecule has 3 fully saturated rings. The number of phosphoric acid groups is 4. The molecule has 74 heavy (non-hydrogen) atoms. The molecule has 16 atom stereocenters. The predicted octanol–water partition coefficient (Wildman–Crippen LogP) is -5.50. The maximum Gasteiger partial charge on any atom is 0.490 e. The van der Waals surface area contributed by atoms with Crippen molar-refractivity contribution in [2.45, 2.75) is 73.6 Å². The van der Waals surface area contributed by atoms with Gasteiger partial charge in [0.2, 0.25) is 17.8 Å². The van der Waals surface area contributed by atoms with Gasteiger partial charge in [0.05, 0.1) is 38.8 Å². The first-order valence-corrected chi connectivity index (χ1v) is 26.5. The summed E-state index contributed by atoms with van der Waals surface area (Å²) in [4.78, 5) is 109. The number of nitrogens with zero attached hydrogens (tertiary/aromatic N) is 9. The zero-order valence-corrected chi connectivity index (χ0v) is 40.0. The van der Waals surface area contributed by atoms with Gasteiger partial charge in [-0.2, -0.15) is 23.6 Å². The van der Waals surface area contributed by atoms with E-state index in [1.54, 1.807) is 0 Å². The van der Waals surface area contributed by atoms with E-state index in [4.69, 9.17) is 45.0 Å². The van der Waals surface area contributed by atoms with Gasteiger partial charge in [0, 0.05) is 0 Å². The van der Waals surface area contributed by atoms with Crippen LogP contribution in [0.5, 0.6) is 0 Å². The van der Waals surface area contributed by atoms with Crippen LogP contribution < -0.4 is 33.9 Å². The lowest BCUT2D eigenvalue weighted by Crippen LogP contribution is -2.37. The molecule has 6 aromatic heterocycles. The van der Waals surface area contributed by atoms with Crippen LogP contribution in [0.25, 0.3) is 33.5 Å². The zero-order valence-electron chi connectivity index (χ0n) is 36.4. The van der Waals surface area contributed by atoms with E-state index in [0.29, 0.717) is 0 Å². The summed E-state index contributed by atoms with van der Waals surface area (Å²) >= 11 is 0. The third kappa shape index (κ3) is 10.6. The molecule has 404 valence electrons. The molecule has 3 aliphatic heterocycles. The smallest absolute Gasteiger partial charge is 0.387 e. The summed E-state index contributed by atoms with van der Waals surface area (Å²) in [5, 5.41) is 54.3. The van der Waals surface area contributed by atoms with Crippen LogP contribution in [0.2, 0.25) is 0 Å². The lowest BCUT2D eigenvalue weighted by molar-refractivity contribution is -0.0581. The van der Waals surface area contributed by atoms with Gasteiger partial charge in [-0.3, -0.25) is 61.1 Å². The fraction of sp³-hybridized carbons (Fsp3) is 0.500. The first-order valence-electron chi connectivity index (χ1n) is 20.5. The van der Waals surface area contributed by atoms with Crippen LogP contribution in [0.1, 0.15) is 18.7 Å². The van der Waals surface area contributed by atoms with Crippen molar-refractivity contribution in [1.82, 2.24) is 58.6 Å². The van der Waals surface area contributed by atoms with E-state index in [1.165, 1.54) is 0 Å². The van der Waals surface area contributed by atoms with Gasteiger partial charge < -0.3 is 76.5 Å². The molecular weight excluding hydrogens is 1090 g/mol. The van der Waals surface area contributed by atoms with E-state index < -0.39 is 147 Å². The molecule has 40 nitrogen and oxygen atoms in total.